The van der Waals surface area contributed by atoms with Crippen LogP contribution in [0.5, 0.6) is 0 Å². The van der Waals surface area contributed by atoms with Crippen molar-refractivity contribution in [3.63, 3.8) is 0 Å². The van der Waals surface area contributed by atoms with Crippen LogP contribution in [0.3, 0.4) is 0 Å². The Morgan fingerprint density at radius 2 is 1.84 bits per heavy atom. The third-order valence-electron chi connectivity index (χ3n) is 3.12. The Balaban J connectivity index is 2.07. The van der Waals surface area contributed by atoms with E-state index in [2.05, 4.69) is 6.92 Å². The number of nitrogens with two attached hydrogens (primary N) is 1. The van der Waals surface area contributed by atoms with Gasteiger partial charge in [0.2, 0.25) is 0 Å². The first-order valence-corrected chi connectivity index (χ1v) is 6.42. The van der Waals surface area contributed by atoms with Crippen molar-refractivity contribution in [2.24, 2.45) is 5.73 Å². The summed E-state index contributed by atoms with van der Waals surface area (Å²) in [7, 11) is 0. The summed E-state index contributed by atoms with van der Waals surface area (Å²) in [6.07, 6.45) is 5.63. The first-order chi connectivity index (χ1) is 9.06. The first-order valence-electron chi connectivity index (χ1n) is 6.42. The van der Waals surface area contributed by atoms with Crippen molar-refractivity contribution in [3.8, 4) is 0 Å². The Labute approximate surface area is 111 Å². The molecule has 0 saturated carbocycles. The lowest BCUT2D eigenvalue weighted by Gasteiger charge is -2.06. The van der Waals surface area contributed by atoms with Crippen LogP contribution in [-0.2, 0) is 13.0 Å². The number of nitrogens with zero attached hydrogens (tertiary/aromatic N) is 1. The molecule has 0 fully saturated rings. The van der Waals surface area contributed by atoms with Gasteiger partial charge in [-0.05, 0) is 42.2 Å². The average molecular weight is 264 g/mol. The van der Waals surface area contributed by atoms with E-state index in [1.165, 1.54) is 12.1 Å². The maximum Gasteiger partial charge on any atom is 0.126 e. The lowest BCUT2D eigenvalue weighted by atomic mass is 10.1. The number of hydrogen-bond acceptors (Lipinski definition) is 1. The van der Waals surface area contributed by atoms with E-state index < -0.39 is 11.6 Å². The van der Waals surface area contributed by atoms with Gasteiger partial charge < -0.3 is 10.3 Å². The average Bonchev–Trinajstić information content (AvgIpc) is 2.74. The molecule has 2 aromatic rings. The van der Waals surface area contributed by atoms with Gasteiger partial charge in [-0.15, -0.1) is 0 Å². The third kappa shape index (κ3) is 3.89. The molecule has 0 aliphatic rings. The van der Waals surface area contributed by atoms with E-state index in [9.17, 15) is 8.78 Å². The van der Waals surface area contributed by atoms with Crippen LogP contribution in [0.4, 0.5) is 8.78 Å². The SMILES string of the molecule is CCC(N)Cc1ccn(Cc2cc(F)cc(F)c2)c1. The van der Waals surface area contributed by atoms with Crippen LogP contribution in [0.15, 0.2) is 36.7 Å². The zero-order valence-electron chi connectivity index (χ0n) is 10.9. The van der Waals surface area contributed by atoms with Gasteiger partial charge in [0.15, 0.2) is 0 Å². The zero-order valence-corrected chi connectivity index (χ0v) is 10.9. The summed E-state index contributed by atoms with van der Waals surface area (Å²) in [4.78, 5) is 0. The van der Waals surface area contributed by atoms with Crippen molar-refractivity contribution in [2.45, 2.75) is 32.4 Å². The highest BCUT2D eigenvalue weighted by Crippen LogP contribution is 2.12. The van der Waals surface area contributed by atoms with Crippen molar-refractivity contribution in [1.82, 2.24) is 4.57 Å². The summed E-state index contributed by atoms with van der Waals surface area (Å²) in [5, 5.41) is 0. The smallest absolute Gasteiger partial charge is 0.126 e. The van der Waals surface area contributed by atoms with E-state index in [1.807, 2.05) is 23.0 Å². The fourth-order valence-corrected chi connectivity index (χ4v) is 2.07. The van der Waals surface area contributed by atoms with Crippen LogP contribution >= 0.6 is 0 Å². The van der Waals surface area contributed by atoms with E-state index in [4.69, 9.17) is 5.73 Å². The van der Waals surface area contributed by atoms with Crippen LogP contribution in [0.25, 0.3) is 0 Å². The molecular formula is C15H18F2N2. The number of hydrogen-bond donors (Lipinski definition) is 1. The van der Waals surface area contributed by atoms with Gasteiger partial charge >= 0.3 is 0 Å². The topological polar surface area (TPSA) is 30.9 Å². The number of aromatic nitrogens is 1. The molecule has 19 heavy (non-hydrogen) atoms. The van der Waals surface area contributed by atoms with E-state index in [-0.39, 0.29) is 6.04 Å². The molecule has 0 aliphatic heterocycles. The molecule has 2 rings (SSSR count). The van der Waals surface area contributed by atoms with Gasteiger partial charge in [0.1, 0.15) is 11.6 Å². The molecule has 1 heterocycles. The van der Waals surface area contributed by atoms with Crippen molar-refractivity contribution in [1.29, 1.82) is 0 Å². The van der Waals surface area contributed by atoms with Gasteiger partial charge in [-0.3, -0.25) is 0 Å². The van der Waals surface area contributed by atoms with Gasteiger partial charge in [0.05, 0.1) is 0 Å². The monoisotopic (exact) mass is 264 g/mol. The Hall–Kier alpha value is -1.68. The molecule has 2 N–H and O–H groups in total. The Morgan fingerprint density at radius 3 is 2.47 bits per heavy atom. The minimum Gasteiger partial charge on any atom is -0.350 e. The molecule has 1 atom stereocenters. The maximum absolute atomic E-state index is 13.1. The predicted octanol–water partition coefficient (Wildman–Crippen LogP) is 3.09. The van der Waals surface area contributed by atoms with Gasteiger partial charge in [-0.2, -0.15) is 0 Å². The Bertz CT molecular complexity index is 529. The molecule has 1 aromatic carbocycles. The second kappa shape index (κ2) is 5.97. The fourth-order valence-electron chi connectivity index (χ4n) is 2.07. The standard InChI is InChI=1S/C15H18F2N2/c1-2-15(18)7-11-3-4-19(9-11)10-12-5-13(16)8-14(17)6-12/h3-6,8-9,15H,2,7,10,18H2,1H3. The molecule has 0 spiro atoms. The summed E-state index contributed by atoms with van der Waals surface area (Å²) < 4.78 is 28.1. The number of rotatable bonds is 5. The van der Waals surface area contributed by atoms with E-state index >= 15 is 0 Å². The summed E-state index contributed by atoms with van der Waals surface area (Å²) in [5.41, 5.74) is 7.65. The van der Waals surface area contributed by atoms with Gasteiger partial charge in [-0.25, -0.2) is 8.78 Å². The zero-order chi connectivity index (χ0) is 13.8. The van der Waals surface area contributed by atoms with Gasteiger partial charge in [0.25, 0.3) is 0 Å². The molecule has 0 amide bonds. The van der Waals surface area contributed by atoms with Crippen LogP contribution < -0.4 is 5.73 Å². The molecule has 0 saturated heterocycles. The second-order valence-corrected chi connectivity index (χ2v) is 4.84. The molecule has 0 aliphatic carbocycles. The molecule has 1 aromatic heterocycles. The van der Waals surface area contributed by atoms with Crippen LogP contribution in [0.2, 0.25) is 0 Å². The van der Waals surface area contributed by atoms with E-state index in [1.54, 1.807) is 0 Å². The third-order valence-corrected chi connectivity index (χ3v) is 3.12. The molecule has 2 nitrogen and oxygen atoms in total. The molecule has 1 unspecified atom stereocenters. The summed E-state index contributed by atoms with van der Waals surface area (Å²) in [6.45, 7) is 2.51. The summed E-state index contributed by atoms with van der Waals surface area (Å²) in [5.74, 6) is -1.09. The Morgan fingerprint density at radius 1 is 1.16 bits per heavy atom. The second-order valence-electron chi connectivity index (χ2n) is 4.84. The predicted molar refractivity (Wildman–Crippen MR) is 71.9 cm³/mol. The van der Waals surface area contributed by atoms with Crippen LogP contribution in [0.1, 0.15) is 24.5 Å². The molecule has 0 radical (unpaired) electrons. The largest absolute Gasteiger partial charge is 0.350 e. The lowest BCUT2D eigenvalue weighted by Crippen LogP contribution is -2.21. The van der Waals surface area contributed by atoms with Crippen molar-refractivity contribution >= 4 is 0 Å². The molecular weight excluding hydrogens is 246 g/mol. The molecule has 102 valence electrons. The fraction of sp³-hybridized carbons (Fsp3) is 0.333. The summed E-state index contributed by atoms with van der Waals surface area (Å²) in [6, 6.07) is 5.72. The summed E-state index contributed by atoms with van der Waals surface area (Å²) >= 11 is 0. The Kier molecular flexibility index (Phi) is 4.32. The number of benzene rings is 1. The normalized spacial score (nSPS) is 12.6. The van der Waals surface area contributed by atoms with Crippen molar-refractivity contribution < 1.29 is 8.78 Å². The van der Waals surface area contributed by atoms with Crippen LogP contribution in [-0.4, -0.2) is 10.6 Å². The van der Waals surface area contributed by atoms with E-state index in [0.717, 1.165) is 24.5 Å². The molecule has 0 bridgehead atoms. The van der Waals surface area contributed by atoms with Gasteiger partial charge in [-0.1, -0.05) is 6.92 Å². The molecule has 4 heteroatoms. The lowest BCUT2D eigenvalue weighted by molar-refractivity contribution is 0.577. The minimum absolute atomic E-state index is 0.155. The quantitative estimate of drug-likeness (QED) is 0.884. The van der Waals surface area contributed by atoms with Gasteiger partial charge in [0, 0.05) is 31.0 Å². The van der Waals surface area contributed by atoms with Crippen molar-refractivity contribution in [3.05, 3.63) is 59.4 Å². The van der Waals surface area contributed by atoms with E-state index in [0.29, 0.717) is 12.1 Å². The van der Waals surface area contributed by atoms with Crippen LogP contribution in [0, 0.1) is 11.6 Å². The van der Waals surface area contributed by atoms with Crippen molar-refractivity contribution in [2.75, 3.05) is 0 Å². The highest BCUT2D eigenvalue weighted by Gasteiger charge is 2.05. The highest BCUT2D eigenvalue weighted by atomic mass is 19.1. The number of halogens is 2. The first kappa shape index (κ1) is 13.7. The maximum atomic E-state index is 13.1. The minimum atomic E-state index is -0.546. The highest BCUT2D eigenvalue weighted by molar-refractivity contribution is 5.20.